The lowest BCUT2D eigenvalue weighted by Crippen LogP contribution is -2.60. The van der Waals surface area contributed by atoms with Gasteiger partial charge < -0.3 is 29.5 Å². The van der Waals surface area contributed by atoms with Crippen molar-refractivity contribution in [3.05, 3.63) is 18.2 Å². The first-order chi connectivity index (χ1) is 11.6. The summed E-state index contributed by atoms with van der Waals surface area (Å²) in [5, 5.41) is 13.9. The van der Waals surface area contributed by atoms with E-state index < -0.39 is 5.60 Å². The van der Waals surface area contributed by atoms with Crippen LogP contribution in [-0.2, 0) is 4.79 Å². The van der Waals surface area contributed by atoms with Crippen LogP contribution in [0.2, 0.25) is 0 Å². The smallest absolute Gasteiger partial charge is 0.260 e. The Kier molecular flexibility index (Phi) is 3.97. The molecule has 4 rings (SSSR count). The fourth-order valence-electron chi connectivity index (χ4n) is 3.65. The molecule has 0 bridgehead atoms. The highest BCUT2D eigenvalue weighted by atomic mass is 16.7. The number of rotatable bonds is 3. The summed E-state index contributed by atoms with van der Waals surface area (Å²) < 4.78 is 16.2. The molecule has 0 saturated carbocycles. The van der Waals surface area contributed by atoms with Gasteiger partial charge in [0, 0.05) is 31.6 Å². The molecule has 1 amide bonds. The van der Waals surface area contributed by atoms with Crippen molar-refractivity contribution in [3.8, 4) is 17.2 Å². The fourth-order valence-corrected chi connectivity index (χ4v) is 3.65. The van der Waals surface area contributed by atoms with E-state index in [-0.39, 0.29) is 25.2 Å². The van der Waals surface area contributed by atoms with E-state index in [1.165, 1.54) is 0 Å². The SMILES string of the molecule is O=C(COc1ccc2c(c1)OCO2)N1CC[C@]2(O)CCNC[C@@H]2C1. The average Bonchev–Trinajstić information content (AvgIpc) is 3.06. The topological polar surface area (TPSA) is 80.3 Å². The van der Waals surface area contributed by atoms with Crippen LogP contribution >= 0.6 is 0 Å². The molecule has 3 aliphatic heterocycles. The fraction of sp³-hybridized carbons (Fsp3) is 0.588. The van der Waals surface area contributed by atoms with Crippen molar-refractivity contribution < 1.29 is 24.1 Å². The van der Waals surface area contributed by atoms with E-state index in [9.17, 15) is 9.90 Å². The van der Waals surface area contributed by atoms with E-state index in [0.717, 1.165) is 19.5 Å². The predicted octanol–water partition coefficient (Wildman–Crippen LogP) is 0.367. The van der Waals surface area contributed by atoms with E-state index in [1.54, 1.807) is 23.1 Å². The second-order valence-electron chi connectivity index (χ2n) is 6.65. The highest BCUT2D eigenvalue weighted by Gasteiger charge is 2.43. The van der Waals surface area contributed by atoms with Crippen LogP contribution in [0.15, 0.2) is 18.2 Å². The number of carbonyl (C=O) groups excluding carboxylic acids is 1. The number of hydrogen-bond donors (Lipinski definition) is 2. The molecule has 3 heterocycles. The summed E-state index contributed by atoms with van der Waals surface area (Å²) >= 11 is 0. The van der Waals surface area contributed by atoms with Gasteiger partial charge in [-0.1, -0.05) is 0 Å². The number of nitrogens with zero attached hydrogens (tertiary/aromatic N) is 1. The Balaban J connectivity index is 1.33. The zero-order chi connectivity index (χ0) is 16.6. The average molecular weight is 334 g/mol. The number of aliphatic hydroxyl groups is 1. The predicted molar refractivity (Wildman–Crippen MR) is 85.2 cm³/mol. The van der Waals surface area contributed by atoms with Crippen LogP contribution < -0.4 is 19.5 Å². The molecule has 7 heteroatoms. The molecule has 0 spiro atoms. The van der Waals surface area contributed by atoms with Crippen molar-refractivity contribution in [2.24, 2.45) is 5.92 Å². The number of hydrogen-bond acceptors (Lipinski definition) is 6. The maximum Gasteiger partial charge on any atom is 0.260 e. The summed E-state index contributed by atoms with van der Waals surface area (Å²) in [6.45, 7) is 2.95. The van der Waals surface area contributed by atoms with E-state index in [4.69, 9.17) is 14.2 Å². The lowest BCUT2D eigenvalue weighted by molar-refractivity contribution is -0.144. The Morgan fingerprint density at radius 2 is 2.25 bits per heavy atom. The van der Waals surface area contributed by atoms with Gasteiger partial charge in [0.15, 0.2) is 18.1 Å². The van der Waals surface area contributed by atoms with Gasteiger partial charge in [-0.15, -0.1) is 0 Å². The van der Waals surface area contributed by atoms with Crippen LogP contribution in [0.3, 0.4) is 0 Å². The molecule has 0 aliphatic carbocycles. The molecule has 130 valence electrons. The molecule has 0 radical (unpaired) electrons. The van der Waals surface area contributed by atoms with Gasteiger partial charge in [0.25, 0.3) is 5.91 Å². The molecule has 7 nitrogen and oxygen atoms in total. The van der Waals surface area contributed by atoms with E-state index >= 15 is 0 Å². The number of likely N-dealkylation sites (tertiary alicyclic amines) is 1. The first kappa shape index (κ1) is 15.5. The number of fused-ring (bicyclic) bond motifs is 2. The van der Waals surface area contributed by atoms with Crippen molar-refractivity contribution in [1.29, 1.82) is 0 Å². The first-order valence-corrected chi connectivity index (χ1v) is 8.37. The summed E-state index contributed by atoms with van der Waals surface area (Å²) in [7, 11) is 0. The molecular formula is C17H22N2O5. The third kappa shape index (κ3) is 2.89. The quantitative estimate of drug-likeness (QED) is 0.831. The monoisotopic (exact) mass is 334 g/mol. The molecule has 2 fully saturated rings. The number of carbonyl (C=O) groups is 1. The van der Waals surface area contributed by atoms with Gasteiger partial charge in [-0.05, 0) is 31.5 Å². The Labute approximate surface area is 140 Å². The summed E-state index contributed by atoms with van der Waals surface area (Å²) in [5.41, 5.74) is -0.625. The van der Waals surface area contributed by atoms with Crippen molar-refractivity contribution >= 4 is 5.91 Å². The second-order valence-corrected chi connectivity index (χ2v) is 6.65. The van der Waals surface area contributed by atoms with E-state index in [0.29, 0.717) is 36.8 Å². The zero-order valence-corrected chi connectivity index (χ0v) is 13.5. The molecule has 0 aromatic heterocycles. The van der Waals surface area contributed by atoms with Gasteiger partial charge >= 0.3 is 0 Å². The molecule has 1 aromatic rings. The van der Waals surface area contributed by atoms with Crippen LogP contribution in [0.5, 0.6) is 17.2 Å². The Morgan fingerprint density at radius 1 is 1.38 bits per heavy atom. The molecular weight excluding hydrogens is 312 g/mol. The molecule has 24 heavy (non-hydrogen) atoms. The maximum atomic E-state index is 12.4. The highest BCUT2D eigenvalue weighted by Crippen LogP contribution is 2.35. The minimum atomic E-state index is -0.625. The second kappa shape index (κ2) is 6.14. The van der Waals surface area contributed by atoms with Crippen molar-refractivity contribution in [2.45, 2.75) is 18.4 Å². The van der Waals surface area contributed by atoms with Crippen LogP contribution in [0, 0.1) is 5.92 Å². The lowest BCUT2D eigenvalue weighted by atomic mass is 9.76. The zero-order valence-electron chi connectivity index (χ0n) is 13.5. The van der Waals surface area contributed by atoms with Crippen LogP contribution in [0.25, 0.3) is 0 Å². The van der Waals surface area contributed by atoms with Gasteiger partial charge in [0.05, 0.1) is 5.60 Å². The largest absolute Gasteiger partial charge is 0.484 e. The van der Waals surface area contributed by atoms with Gasteiger partial charge in [0.1, 0.15) is 5.75 Å². The standard InChI is InChI=1S/C17H22N2O5/c20-16(10-22-13-1-2-14-15(7-13)24-11-23-14)19-6-4-17(21)3-5-18-8-12(17)9-19/h1-2,7,12,18,21H,3-6,8-11H2/t12-,17-/m1/s1. The molecule has 1 aromatic carbocycles. The van der Waals surface area contributed by atoms with Crippen molar-refractivity contribution in [3.63, 3.8) is 0 Å². The number of benzene rings is 1. The van der Waals surface area contributed by atoms with Gasteiger partial charge in [-0.2, -0.15) is 0 Å². The number of ether oxygens (including phenoxy) is 3. The minimum Gasteiger partial charge on any atom is -0.484 e. The van der Waals surface area contributed by atoms with Crippen molar-refractivity contribution in [2.75, 3.05) is 39.6 Å². The first-order valence-electron chi connectivity index (χ1n) is 8.37. The molecule has 3 aliphatic rings. The van der Waals surface area contributed by atoms with Crippen LogP contribution in [-0.4, -0.2) is 61.1 Å². The maximum absolute atomic E-state index is 12.4. The Bertz CT molecular complexity index is 637. The number of amides is 1. The van der Waals surface area contributed by atoms with Crippen LogP contribution in [0.1, 0.15) is 12.8 Å². The third-order valence-corrected chi connectivity index (χ3v) is 5.20. The number of nitrogens with one attached hydrogen (secondary N) is 1. The Hall–Kier alpha value is -1.99. The van der Waals surface area contributed by atoms with E-state index in [2.05, 4.69) is 5.32 Å². The van der Waals surface area contributed by atoms with Gasteiger partial charge in [-0.25, -0.2) is 0 Å². The lowest BCUT2D eigenvalue weighted by Gasteiger charge is -2.47. The summed E-state index contributed by atoms with van der Waals surface area (Å²) in [6.07, 6.45) is 1.39. The van der Waals surface area contributed by atoms with Crippen LogP contribution in [0.4, 0.5) is 0 Å². The Morgan fingerprint density at radius 3 is 3.17 bits per heavy atom. The summed E-state index contributed by atoms with van der Waals surface area (Å²) in [4.78, 5) is 14.2. The highest BCUT2D eigenvalue weighted by molar-refractivity contribution is 5.78. The van der Waals surface area contributed by atoms with Crippen molar-refractivity contribution in [1.82, 2.24) is 10.2 Å². The molecule has 0 unspecified atom stereocenters. The van der Waals surface area contributed by atoms with E-state index in [1.807, 2.05) is 0 Å². The number of piperidine rings is 2. The third-order valence-electron chi connectivity index (χ3n) is 5.20. The van der Waals surface area contributed by atoms with Gasteiger partial charge in [-0.3, -0.25) is 4.79 Å². The summed E-state index contributed by atoms with van der Waals surface area (Å²) in [6, 6.07) is 5.27. The normalized spacial score (nSPS) is 28.4. The minimum absolute atomic E-state index is 0.0157. The molecule has 2 atom stereocenters. The van der Waals surface area contributed by atoms with Gasteiger partial charge in [0.2, 0.25) is 6.79 Å². The molecule has 2 saturated heterocycles. The molecule has 2 N–H and O–H groups in total. The summed E-state index contributed by atoms with van der Waals surface area (Å²) in [5.74, 6) is 1.94.